The molecular formula is C18H26N6O3. The SMILES string of the molecule is CCCN1CCc2[nH]cnc2C12CCN(C(=O)C[C@@H]1NC(=O)NC1=O)CC2. The van der Waals surface area contributed by atoms with E-state index in [1.807, 2.05) is 4.90 Å². The Balaban J connectivity index is 1.45. The molecule has 1 aromatic rings. The van der Waals surface area contributed by atoms with Gasteiger partial charge in [0.15, 0.2) is 0 Å². The summed E-state index contributed by atoms with van der Waals surface area (Å²) in [5.41, 5.74) is 2.24. The highest BCUT2D eigenvalue weighted by molar-refractivity contribution is 6.05. The van der Waals surface area contributed by atoms with Crippen molar-refractivity contribution in [2.45, 2.75) is 50.6 Å². The smallest absolute Gasteiger partial charge is 0.322 e. The molecule has 3 aliphatic rings. The van der Waals surface area contributed by atoms with Gasteiger partial charge in [0.2, 0.25) is 5.91 Å². The van der Waals surface area contributed by atoms with Crippen LogP contribution in [0.5, 0.6) is 0 Å². The maximum atomic E-state index is 12.6. The first-order valence-electron chi connectivity index (χ1n) is 9.70. The average molecular weight is 374 g/mol. The first-order valence-corrected chi connectivity index (χ1v) is 9.70. The van der Waals surface area contributed by atoms with Gasteiger partial charge in [0.25, 0.3) is 5.91 Å². The van der Waals surface area contributed by atoms with E-state index in [4.69, 9.17) is 0 Å². The molecule has 0 unspecified atom stereocenters. The molecule has 3 N–H and O–H groups in total. The van der Waals surface area contributed by atoms with Gasteiger partial charge < -0.3 is 15.2 Å². The van der Waals surface area contributed by atoms with Crippen molar-refractivity contribution >= 4 is 17.8 Å². The van der Waals surface area contributed by atoms with Crippen molar-refractivity contribution in [3.63, 3.8) is 0 Å². The first kappa shape index (κ1) is 18.0. The number of piperidine rings is 1. The molecule has 146 valence electrons. The summed E-state index contributed by atoms with van der Waals surface area (Å²) >= 11 is 0. The van der Waals surface area contributed by atoms with E-state index in [-0.39, 0.29) is 17.9 Å². The lowest BCUT2D eigenvalue weighted by Gasteiger charge is -2.50. The molecule has 3 aliphatic heterocycles. The van der Waals surface area contributed by atoms with E-state index in [0.29, 0.717) is 13.1 Å². The number of rotatable bonds is 4. The number of imidazole rings is 1. The lowest BCUT2D eigenvalue weighted by atomic mass is 9.78. The Morgan fingerprint density at radius 1 is 1.30 bits per heavy atom. The summed E-state index contributed by atoms with van der Waals surface area (Å²) < 4.78 is 0. The van der Waals surface area contributed by atoms with Crippen molar-refractivity contribution < 1.29 is 14.4 Å². The van der Waals surface area contributed by atoms with Crippen LogP contribution in [0.3, 0.4) is 0 Å². The van der Waals surface area contributed by atoms with Gasteiger partial charge in [-0.3, -0.25) is 19.8 Å². The third-order valence-corrected chi connectivity index (χ3v) is 6.07. The molecule has 2 saturated heterocycles. The summed E-state index contributed by atoms with van der Waals surface area (Å²) in [5, 5.41) is 4.67. The van der Waals surface area contributed by atoms with Gasteiger partial charge in [0, 0.05) is 31.7 Å². The normalized spacial score (nSPS) is 24.6. The molecule has 9 nitrogen and oxygen atoms in total. The van der Waals surface area contributed by atoms with E-state index >= 15 is 0 Å². The van der Waals surface area contributed by atoms with Crippen molar-refractivity contribution in [1.82, 2.24) is 30.4 Å². The highest BCUT2D eigenvalue weighted by atomic mass is 16.2. The molecule has 4 rings (SSSR count). The van der Waals surface area contributed by atoms with Gasteiger partial charge in [-0.25, -0.2) is 9.78 Å². The Kier molecular flexibility index (Phi) is 4.63. The maximum absolute atomic E-state index is 12.6. The third kappa shape index (κ3) is 3.09. The molecule has 1 aromatic heterocycles. The van der Waals surface area contributed by atoms with Crippen molar-refractivity contribution in [1.29, 1.82) is 0 Å². The van der Waals surface area contributed by atoms with Crippen LogP contribution in [0.25, 0.3) is 0 Å². The van der Waals surface area contributed by atoms with Crippen molar-refractivity contribution in [3.8, 4) is 0 Å². The number of carbonyl (C=O) groups is 3. The van der Waals surface area contributed by atoms with Crippen LogP contribution in [0, 0.1) is 0 Å². The monoisotopic (exact) mass is 374 g/mol. The molecule has 9 heteroatoms. The number of hydrogen-bond acceptors (Lipinski definition) is 5. The summed E-state index contributed by atoms with van der Waals surface area (Å²) in [6, 6.07) is -1.29. The average Bonchev–Trinajstić information content (AvgIpc) is 3.25. The highest BCUT2D eigenvalue weighted by Crippen LogP contribution is 2.42. The molecule has 27 heavy (non-hydrogen) atoms. The zero-order valence-electron chi connectivity index (χ0n) is 15.6. The Morgan fingerprint density at radius 2 is 2.07 bits per heavy atom. The molecule has 4 heterocycles. The van der Waals surface area contributed by atoms with Crippen LogP contribution in [0.1, 0.15) is 44.0 Å². The molecule has 1 atom stereocenters. The number of H-pyrrole nitrogens is 1. The highest BCUT2D eigenvalue weighted by Gasteiger charge is 2.47. The molecule has 0 bridgehead atoms. The Bertz CT molecular complexity index is 752. The van der Waals surface area contributed by atoms with E-state index in [2.05, 4.69) is 32.4 Å². The second-order valence-electron chi connectivity index (χ2n) is 7.60. The number of aromatic amines is 1. The number of likely N-dealkylation sites (tertiary alicyclic amines) is 1. The van der Waals surface area contributed by atoms with E-state index in [0.717, 1.165) is 44.5 Å². The second kappa shape index (κ2) is 6.95. The lowest BCUT2D eigenvalue weighted by molar-refractivity contribution is -0.136. The van der Waals surface area contributed by atoms with E-state index in [1.165, 1.54) is 5.69 Å². The molecule has 2 fully saturated rings. The van der Waals surface area contributed by atoms with Gasteiger partial charge in [0.05, 0.1) is 24.0 Å². The summed E-state index contributed by atoms with van der Waals surface area (Å²) in [6.07, 6.45) is 5.52. The predicted molar refractivity (Wildman–Crippen MR) is 96.7 cm³/mol. The van der Waals surface area contributed by atoms with Crippen LogP contribution >= 0.6 is 0 Å². The number of urea groups is 1. The van der Waals surface area contributed by atoms with Gasteiger partial charge in [-0.15, -0.1) is 0 Å². The van der Waals surface area contributed by atoms with Crippen molar-refractivity contribution in [2.75, 3.05) is 26.2 Å². The summed E-state index contributed by atoms with van der Waals surface area (Å²) in [7, 11) is 0. The van der Waals surface area contributed by atoms with Crippen LogP contribution < -0.4 is 10.6 Å². The van der Waals surface area contributed by atoms with Crippen LogP contribution in [0.15, 0.2) is 6.33 Å². The minimum Gasteiger partial charge on any atom is -0.348 e. The standard InChI is InChI=1S/C18H26N6O3/c1-2-6-24-7-3-12-15(20-11-19-12)18(24)4-8-23(9-5-18)14(25)10-13-16(26)22-17(27)21-13/h11,13H,2-10H2,1H3,(H,19,20)(H2,21,22,26,27)/t13-/m0/s1. The molecule has 4 amide bonds. The summed E-state index contributed by atoms with van der Waals surface area (Å²) in [5.74, 6) is -0.517. The molecule has 0 aromatic carbocycles. The minimum absolute atomic E-state index is 0.0108. The number of carbonyl (C=O) groups excluding carboxylic acids is 3. The Hall–Kier alpha value is -2.42. The predicted octanol–water partition coefficient (Wildman–Crippen LogP) is 0.0936. The molecular weight excluding hydrogens is 348 g/mol. The molecule has 0 aliphatic carbocycles. The van der Waals surface area contributed by atoms with Gasteiger partial charge >= 0.3 is 6.03 Å². The fourth-order valence-corrected chi connectivity index (χ4v) is 4.70. The van der Waals surface area contributed by atoms with E-state index in [1.54, 1.807) is 6.33 Å². The summed E-state index contributed by atoms with van der Waals surface area (Å²) in [6.45, 7) is 5.48. The quantitative estimate of drug-likeness (QED) is 0.647. The van der Waals surface area contributed by atoms with Gasteiger partial charge in [-0.2, -0.15) is 0 Å². The maximum Gasteiger partial charge on any atom is 0.322 e. The number of aromatic nitrogens is 2. The third-order valence-electron chi connectivity index (χ3n) is 6.07. The second-order valence-corrected chi connectivity index (χ2v) is 7.60. The van der Waals surface area contributed by atoms with E-state index < -0.39 is 18.0 Å². The van der Waals surface area contributed by atoms with Crippen LogP contribution in [-0.2, 0) is 21.5 Å². The van der Waals surface area contributed by atoms with Crippen molar-refractivity contribution in [2.24, 2.45) is 0 Å². The molecule has 0 saturated carbocycles. The number of amides is 4. The molecule has 0 radical (unpaired) electrons. The number of fused-ring (bicyclic) bond motifs is 2. The Morgan fingerprint density at radius 3 is 2.74 bits per heavy atom. The molecule has 1 spiro atoms. The van der Waals surface area contributed by atoms with Crippen LogP contribution in [0.2, 0.25) is 0 Å². The van der Waals surface area contributed by atoms with Gasteiger partial charge in [-0.1, -0.05) is 6.92 Å². The minimum atomic E-state index is -0.759. The Labute approximate surface area is 157 Å². The zero-order chi connectivity index (χ0) is 19.0. The number of imide groups is 1. The zero-order valence-corrected chi connectivity index (χ0v) is 15.6. The van der Waals surface area contributed by atoms with Crippen molar-refractivity contribution in [3.05, 3.63) is 17.7 Å². The largest absolute Gasteiger partial charge is 0.348 e. The fraction of sp³-hybridized carbons (Fsp3) is 0.667. The number of nitrogens with zero attached hydrogens (tertiary/aromatic N) is 3. The van der Waals surface area contributed by atoms with Gasteiger partial charge in [0.1, 0.15) is 6.04 Å². The lowest BCUT2D eigenvalue weighted by Crippen LogP contribution is -2.57. The number of hydrogen-bond donors (Lipinski definition) is 3. The van der Waals surface area contributed by atoms with Crippen LogP contribution in [0.4, 0.5) is 4.79 Å². The topological polar surface area (TPSA) is 110 Å². The van der Waals surface area contributed by atoms with E-state index in [9.17, 15) is 14.4 Å². The number of nitrogens with one attached hydrogen (secondary N) is 3. The van der Waals surface area contributed by atoms with Crippen LogP contribution in [-0.4, -0.2) is 69.8 Å². The first-order chi connectivity index (χ1) is 13.0. The fourth-order valence-electron chi connectivity index (χ4n) is 4.70. The summed E-state index contributed by atoms with van der Waals surface area (Å²) in [4.78, 5) is 47.8. The van der Waals surface area contributed by atoms with Gasteiger partial charge in [-0.05, 0) is 25.8 Å².